The number of nitrogens with zero attached hydrogens (tertiary/aromatic N) is 1. The molecule has 3 nitrogen and oxygen atoms in total. The van der Waals surface area contributed by atoms with E-state index in [-0.39, 0.29) is 0 Å². The Hall–Kier alpha value is -2.13. The summed E-state index contributed by atoms with van der Waals surface area (Å²) in [7, 11) is 0. The number of benzene rings is 2. The lowest BCUT2D eigenvalue weighted by molar-refractivity contribution is 0.0792. The molecule has 22 heavy (non-hydrogen) atoms. The molecule has 0 fully saturated rings. The van der Waals surface area contributed by atoms with Crippen LogP contribution in [0, 0.1) is 0 Å². The average Bonchev–Trinajstić information content (AvgIpc) is 2.93. The van der Waals surface area contributed by atoms with Crippen molar-refractivity contribution in [3.63, 3.8) is 0 Å². The maximum absolute atomic E-state index is 10.5. The summed E-state index contributed by atoms with van der Waals surface area (Å²) in [5, 5.41) is 10.5. The molecule has 0 spiro atoms. The number of aromatic nitrogens is 2. The van der Waals surface area contributed by atoms with Gasteiger partial charge in [0.25, 0.3) is 0 Å². The third-order valence-corrected chi connectivity index (χ3v) is 4.01. The van der Waals surface area contributed by atoms with Gasteiger partial charge < -0.3 is 10.1 Å². The summed E-state index contributed by atoms with van der Waals surface area (Å²) in [4.78, 5) is 7.45. The first kappa shape index (κ1) is 14.8. The predicted molar refractivity (Wildman–Crippen MR) is 90.8 cm³/mol. The molecule has 0 atom stereocenters. The second-order valence-corrected chi connectivity index (χ2v) is 6.32. The largest absolute Gasteiger partial charge is 0.386 e. The number of hydrogen-bond donors (Lipinski definition) is 2. The van der Waals surface area contributed by atoms with Gasteiger partial charge in [-0.3, -0.25) is 0 Å². The van der Waals surface area contributed by atoms with Crippen molar-refractivity contribution in [2.75, 3.05) is 0 Å². The molecule has 0 aliphatic carbocycles. The van der Waals surface area contributed by atoms with E-state index in [1.54, 1.807) is 6.33 Å². The Kier molecular flexibility index (Phi) is 3.75. The van der Waals surface area contributed by atoms with Gasteiger partial charge in [-0.05, 0) is 54.7 Å². The van der Waals surface area contributed by atoms with E-state index >= 15 is 0 Å². The molecular weight excluding hydrogens is 272 g/mol. The van der Waals surface area contributed by atoms with Gasteiger partial charge in [-0.2, -0.15) is 0 Å². The molecule has 1 aromatic heterocycles. The topological polar surface area (TPSA) is 48.9 Å². The summed E-state index contributed by atoms with van der Waals surface area (Å²) in [6.45, 7) is 5.84. The molecule has 0 bridgehead atoms. The highest BCUT2D eigenvalue weighted by Crippen LogP contribution is 2.33. The van der Waals surface area contributed by atoms with Crippen LogP contribution in [0.2, 0.25) is 0 Å². The second-order valence-electron chi connectivity index (χ2n) is 6.32. The summed E-state index contributed by atoms with van der Waals surface area (Å²) >= 11 is 0. The number of aryl methyl sites for hydroxylation is 1. The first-order valence-corrected chi connectivity index (χ1v) is 7.78. The summed E-state index contributed by atoms with van der Waals surface area (Å²) in [6.07, 6.45) is 3.86. The zero-order chi connectivity index (χ0) is 15.7. The fourth-order valence-corrected chi connectivity index (χ4v) is 2.91. The van der Waals surface area contributed by atoms with E-state index in [1.807, 2.05) is 19.9 Å². The van der Waals surface area contributed by atoms with E-state index in [4.69, 9.17) is 0 Å². The molecule has 0 amide bonds. The molecular formula is C19H22N2O. The van der Waals surface area contributed by atoms with Gasteiger partial charge in [0.1, 0.15) is 0 Å². The molecule has 3 aromatic rings. The second kappa shape index (κ2) is 5.58. The maximum Gasteiger partial charge on any atom is 0.0931 e. The van der Waals surface area contributed by atoms with Gasteiger partial charge >= 0.3 is 0 Å². The third kappa shape index (κ3) is 2.77. The summed E-state index contributed by atoms with van der Waals surface area (Å²) in [5.74, 6) is 0. The molecule has 2 aromatic carbocycles. The lowest BCUT2D eigenvalue weighted by atomic mass is 9.87. The summed E-state index contributed by atoms with van der Waals surface area (Å²) < 4.78 is 0. The molecule has 2 N–H and O–H groups in total. The van der Waals surface area contributed by atoms with E-state index in [0.29, 0.717) is 0 Å². The van der Waals surface area contributed by atoms with Crippen molar-refractivity contribution in [3.8, 4) is 11.1 Å². The molecule has 0 saturated heterocycles. The van der Waals surface area contributed by atoms with Crippen LogP contribution in [0.25, 0.3) is 22.2 Å². The van der Waals surface area contributed by atoms with Gasteiger partial charge in [-0.1, -0.05) is 37.6 Å². The van der Waals surface area contributed by atoms with Gasteiger partial charge in [0.2, 0.25) is 0 Å². The fourth-order valence-electron chi connectivity index (χ4n) is 2.91. The first-order chi connectivity index (χ1) is 10.5. The van der Waals surface area contributed by atoms with Crippen LogP contribution in [0.5, 0.6) is 0 Å². The molecule has 0 aliphatic rings. The smallest absolute Gasteiger partial charge is 0.0931 e. The minimum atomic E-state index is -0.874. The highest BCUT2D eigenvalue weighted by atomic mass is 16.3. The van der Waals surface area contributed by atoms with Crippen LogP contribution >= 0.6 is 0 Å². The minimum absolute atomic E-state index is 0.874. The number of imidazole rings is 1. The van der Waals surface area contributed by atoms with Crippen molar-refractivity contribution >= 4 is 11.0 Å². The van der Waals surface area contributed by atoms with Gasteiger partial charge in [-0.25, -0.2) is 4.98 Å². The number of hydrogen-bond acceptors (Lipinski definition) is 2. The Bertz CT molecular complexity index is 797. The van der Waals surface area contributed by atoms with Gasteiger partial charge in [-0.15, -0.1) is 0 Å². The maximum atomic E-state index is 10.5. The van der Waals surface area contributed by atoms with E-state index in [2.05, 4.69) is 47.2 Å². The summed E-state index contributed by atoms with van der Waals surface area (Å²) in [6, 6.07) is 12.6. The molecule has 114 valence electrons. The SMILES string of the molecule is CCCc1ccc(C(C)(C)O)c(-c2ccc3[nH]cnc3c2)c1. The number of aliphatic hydroxyl groups is 1. The highest BCUT2D eigenvalue weighted by molar-refractivity contribution is 5.82. The highest BCUT2D eigenvalue weighted by Gasteiger charge is 2.21. The van der Waals surface area contributed by atoms with Crippen LogP contribution in [0.4, 0.5) is 0 Å². The van der Waals surface area contributed by atoms with Crippen molar-refractivity contribution < 1.29 is 5.11 Å². The van der Waals surface area contributed by atoms with Crippen molar-refractivity contribution in [3.05, 3.63) is 53.9 Å². The lowest BCUT2D eigenvalue weighted by Gasteiger charge is -2.23. The van der Waals surface area contributed by atoms with E-state index < -0.39 is 5.60 Å². The van der Waals surface area contributed by atoms with Crippen LogP contribution in [-0.4, -0.2) is 15.1 Å². The van der Waals surface area contributed by atoms with Crippen LogP contribution < -0.4 is 0 Å². The quantitative estimate of drug-likeness (QED) is 0.748. The molecule has 0 saturated carbocycles. The number of aromatic amines is 1. The molecule has 3 heteroatoms. The van der Waals surface area contributed by atoms with Gasteiger partial charge in [0.15, 0.2) is 0 Å². The molecule has 0 radical (unpaired) electrons. The predicted octanol–water partition coefficient (Wildman–Crippen LogP) is 4.41. The Balaban J connectivity index is 2.18. The van der Waals surface area contributed by atoms with Crippen molar-refractivity contribution in [2.24, 2.45) is 0 Å². The zero-order valence-electron chi connectivity index (χ0n) is 13.4. The van der Waals surface area contributed by atoms with Crippen LogP contribution in [0.1, 0.15) is 38.3 Å². The third-order valence-electron chi connectivity index (χ3n) is 4.01. The molecule has 0 aliphatic heterocycles. The average molecular weight is 294 g/mol. The Labute approximate surface area is 131 Å². The van der Waals surface area contributed by atoms with Crippen LogP contribution in [0.15, 0.2) is 42.7 Å². The first-order valence-electron chi connectivity index (χ1n) is 7.78. The monoisotopic (exact) mass is 294 g/mol. The minimum Gasteiger partial charge on any atom is -0.386 e. The van der Waals surface area contributed by atoms with Crippen LogP contribution in [-0.2, 0) is 12.0 Å². The van der Waals surface area contributed by atoms with Crippen molar-refractivity contribution in [1.82, 2.24) is 9.97 Å². The zero-order valence-corrected chi connectivity index (χ0v) is 13.4. The number of H-pyrrole nitrogens is 1. The van der Waals surface area contributed by atoms with E-state index in [9.17, 15) is 5.11 Å². The molecule has 1 heterocycles. The van der Waals surface area contributed by atoms with E-state index in [0.717, 1.165) is 40.6 Å². The van der Waals surface area contributed by atoms with E-state index in [1.165, 1.54) is 5.56 Å². The number of rotatable bonds is 4. The standard InChI is InChI=1S/C19H22N2O/c1-4-5-13-6-8-16(19(2,3)22)15(10-13)14-7-9-17-18(11-14)21-12-20-17/h6-12,22H,4-5H2,1-3H3,(H,20,21). The fraction of sp³-hybridized carbons (Fsp3) is 0.316. The Morgan fingerprint density at radius 2 is 1.95 bits per heavy atom. The number of fused-ring (bicyclic) bond motifs is 1. The van der Waals surface area contributed by atoms with Gasteiger partial charge in [0, 0.05) is 0 Å². The Morgan fingerprint density at radius 3 is 2.68 bits per heavy atom. The molecule has 0 unspecified atom stereocenters. The van der Waals surface area contributed by atoms with Crippen molar-refractivity contribution in [2.45, 2.75) is 39.2 Å². The lowest BCUT2D eigenvalue weighted by Crippen LogP contribution is -2.17. The van der Waals surface area contributed by atoms with Crippen molar-refractivity contribution in [1.29, 1.82) is 0 Å². The number of nitrogens with one attached hydrogen (secondary N) is 1. The summed E-state index contributed by atoms with van der Waals surface area (Å²) in [5.41, 5.74) is 5.52. The van der Waals surface area contributed by atoms with Gasteiger partial charge in [0.05, 0.1) is 23.0 Å². The van der Waals surface area contributed by atoms with Crippen LogP contribution in [0.3, 0.4) is 0 Å². The molecule has 3 rings (SSSR count). The normalized spacial score (nSPS) is 12.0. The Morgan fingerprint density at radius 1 is 1.14 bits per heavy atom.